The molecule has 0 amide bonds. The summed E-state index contributed by atoms with van der Waals surface area (Å²) in [5.41, 5.74) is 1.90. The average Bonchev–Trinajstić information content (AvgIpc) is 2.61. The number of rotatable bonds is 4. The summed E-state index contributed by atoms with van der Waals surface area (Å²) in [6.07, 6.45) is 0.493. The van der Waals surface area contributed by atoms with Crippen LogP contribution in [0.5, 0.6) is 0 Å². The minimum atomic E-state index is -1.02. The van der Waals surface area contributed by atoms with E-state index in [0.29, 0.717) is 5.15 Å². The van der Waals surface area contributed by atoms with Crippen molar-refractivity contribution in [2.45, 2.75) is 25.5 Å². The minimum Gasteiger partial charge on any atom is -0.467 e. The maximum atomic E-state index is 11.4. The summed E-state index contributed by atoms with van der Waals surface area (Å²) in [7, 11) is 1.30. The monoisotopic (exact) mass is 348 g/mol. The van der Waals surface area contributed by atoms with Gasteiger partial charge in [-0.3, -0.25) is 4.90 Å². The standard InChI is InChI=1S/C18H21ClN2O3/c1-24-18(23)16(22)12-6-8-21(9-7-12)11-14-10-13-4-2-3-5-15(13)20-17(14)19/h2-5,10,12,16,22H,6-9,11H2,1H3. The topological polar surface area (TPSA) is 62.7 Å². The van der Waals surface area contributed by atoms with E-state index in [1.54, 1.807) is 0 Å². The van der Waals surface area contributed by atoms with Crippen molar-refractivity contribution in [1.82, 2.24) is 9.88 Å². The first-order valence-corrected chi connectivity index (χ1v) is 8.48. The summed E-state index contributed by atoms with van der Waals surface area (Å²) in [4.78, 5) is 18.2. The molecule has 6 heteroatoms. The van der Waals surface area contributed by atoms with Crippen molar-refractivity contribution < 1.29 is 14.6 Å². The number of piperidine rings is 1. The van der Waals surface area contributed by atoms with Gasteiger partial charge in [-0.2, -0.15) is 0 Å². The van der Waals surface area contributed by atoms with Crippen LogP contribution in [-0.2, 0) is 16.1 Å². The zero-order valence-corrected chi connectivity index (χ0v) is 14.4. The molecule has 1 aliphatic heterocycles. The van der Waals surface area contributed by atoms with Gasteiger partial charge in [0, 0.05) is 17.5 Å². The lowest BCUT2D eigenvalue weighted by atomic mass is 9.91. The third-order valence-electron chi connectivity index (χ3n) is 4.67. The molecule has 3 rings (SSSR count). The number of aliphatic hydroxyl groups is 1. The first-order chi connectivity index (χ1) is 11.6. The molecule has 128 valence electrons. The first-order valence-electron chi connectivity index (χ1n) is 8.11. The smallest absolute Gasteiger partial charge is 0.334 e. The van der Waals surface area contributed by atoms with Crippen molar-refractivity contribution in [3.05, 3.63) is 41.0 Å². The molecular weight excluding hydrogens is 328 g/mol. The molecule has 2 aromatic rings. The molecule has 0 bridgehead atoms. The second kappa shape index (κ2) is 7.47. The molecule has 1 aliphatic rings. The fourth-order valence-electron chi connectivity index (χ4n) is 3.23. The SMILES string of the molecule is COC(=O)C(O)C1CCN(Cc2cc3ccccc3nc2Cl)CC1. The zero-order chi connectivity index (χ0) is 17.1. The maximum absolute atomic E-state index is 11.4. The van der Waals surface area contributed by atoms with E-state index >= 15 is 0 Å². The van der Waals surface area contributed by atoms with Gasteiger partial charge < -0.3 is 9.84 Å². The molecule has 0 spiro atoms. The third-order valence-corrected chi connectivity index (χ3v) is 4.99. The van der Waals surface area contributed by atoms with Gasteiger partial charge in [0.15, 0.2) is 6.10 Å². The Morgan fingerprint density at radius 2 is 2.12 bits per heavy atom. The number of halogens is 1. The number of aromatic nitrogens is 1. The van der Waals surface area contributed by atoms with Crippen molar-refractivity contribution in [2.75, 3.05) is 20.2 Å². The molecule has 2 heterocycles. The van der Waals surface area contributed by atoms with E-state index in [4.69, 9.17) is 11.6 Å². The Balaban J connectivity index is 1.64. The molecule has 1 aromatic heterocycles. The Morgan fingerprint density at radius 3 is 2.83 bits per heavy atom. The molecular formula is C18H21ClN2O3. The molecule has 1 atom stereocenters. The number of likely N-dealkylation sites (tertiary alicyclic amines) is 1. The summed E-state index contributed by atoms with van der Waals surface area (Å²) in [5.74, 6) is -0.589. The van der Waals surface area contributed by atoms with Crippen LogP contribution in [0, 0.1) is 5.92 Å². The van der Waals surface area contributed by atoms with E-state index in [0.717, 1.165) is 48.9 Å². The molecule has 24 heavy (non-hydrogen) atoms. The average molecular weight is 349 g/mol. The number of ether oxygens (including phenoxy) is 1. The predicted molar refractivity (Wildman–Crippen MR) is 92.8 cm³/mol. The molecule has 0 radical (unpaired) electrons. The van der Waals surface area contributed by atoms with Crippen LogP contribution in [0.4, 0.5) is 0 Å². The van der Waals surface area contributed by atoms with E-state index in [1.165, 1.54) is 7.11 Å². The molecule has 0 saturated carbocycles. The highest BCUT2D eigenvalue weighted by molar-refractivity contribution is 6.30. The Kier molecular flexibility index (Phi) is 5.33. The molecule has 1 aromatic carbocycles. The first kappa shape index (κ1) is 17.1. The van der Waals surface area contributed by atoms with Crippen LogP contribution in [0.2, 0.25) is 5.15 Å². The summed E-state index contributed by atoms with van der Waals surface area (Å²) in [6, 6.07) is 10.00. The molecule has 0 aliphatic carbocycles. The predicted octanol–water partition coefficient (Wildman–Crippen LogP) is 2.63. The van der Waals surface area contributed by atoms with E-state index < -0.39 is 12.1 Å². The molecule has 1 fully saturated rings. The number of carbonyl (C=O) groups is 1. The van der Waals surface area contributed by atoms with Gasteiger partial charge in [0.2, 0.25) is 0 Å². The summed E-state index contributed by atoms with van der Waals surface area (Å²) in [5, 5.41) is 11.6. The number of carbonyl (C=O) groups excluding carboxylic acids is 1. The normalized spacial score (nSPS) is 17.8. The van der Waals surface area contributed by atoms with Crippen LogP contribution in [0.1, 0.15) is 18.4 Å². The van der Waals surface area contributed by atoms with E-state index in [1.807, 2.05) is 24.3 Å². The minimum absolute atomic E-state index is 0.0427. The van der Waals surface area contributed by atoms with Crippen LogP contribution in [0.15, 0.2) is 30.3 Å². The quantitative estimate of drug-likeness (QED) is 0.679. The Labute approximate surface area is 146 Å². The number of hydrogen-bond donors (Lipinski definition) is 1. The highest BCUT2D eigenvalue weighted by Crippen LogP contribution is 2.26. The summed E-state index contributed by atoms with van der Waals surface area (Å²) >= 11 is 6.32. The lowest BCUT2D eigenvalue weighted by Crippen LogP contribution is -2.40. The van der Waals surface area contributed by atoms with Crippen molar-refractivity contribution in [3.8, 4) is 0 Å². The number of pyridine rings is 1. The highest BCUT2D eigenvalue weighted by atomic mass is 35.5. The lowest BCUT2D eigenvalue weighted by Gasteiger charge is -2.33. The molecule has 1 saturated heterocycles. The number of fused-ring (bicyclic) bond motifs is 1. The number of methoxy groups -OCH3 is 1. The van der Waals surface area contributed by atoms with Gasteiger partial charge in [-0.15, -0.1) is 0 Å². The van der Waals surface area contributed by atoms with Crippen molar-refractivity contribution >= 4 is 28.5 Å². The Bertz CT molecular complexity index is 729. The number of aliphatic hydroxyl groups excluding tert-OH is 1. The van der Waals surface area contributed by atoms with Crippen LogP contribution < -0.4 is 0 Å². The number of nitrogens with zero attached hydrogens (tertiary/aromatic N) is 2. The van der Waals surface area contributed by atoms with Gasteiger partial charge in [0.1, 0.15) is 5.15 Å². The van der Waals surface area contributed by atoms with Gasteiger partial charge in [-0.05, 0) is 44.0 Å². The van der Waals surface area contributed by atoms with Crippen molar-refractivity contribution in [3.63, 3.8) is 0 Å². The van der Waals surface area contributed by atoms with Gasteiger partial charge in [-0.25, -0.2) is 9.78 Å². The van der Waals surface area contributed by atoms with Crippen molar-refractivity contribution in [2.24, 2.45) is 5.92 Å². The van der Waals surface area contributed by atoms with Crippen molar-refractivity contribution in [1.29, 1.82) is 0 Å². The summed E-state index contributed by atoms with van der Waals surface area (Å²) in [6.45, 7) is 2.33. The van der Waals surface area contributed by atoms with Gasteiger partial charge in [0.25, 0.3) is 0 Å². The second-order valence-electron chi connectivity index (χ2n) is 6.21. The van der Waals surface area contributed by atoms with Gasteiger partial charge in [-0.1, -0.05) is 29.8 Å². The fraction of sp³-hybridized carbons (Fsp3) is 0.444. The van der Waals surface area contributed by atoms with E-state index in [9.17, 15) is 9.90 Å². The Hall–Kier alpha value is -1.69. The lowest BCUT2D eigenvalue weighted by molar-refractivity contribution is -0.154. The number of para-hydroxylation sites is 1. The largest absolute Gasteiger partial charge is 0.467 e. The number of benzene rings is 1. The summed E-state index contributed by atoms with van der Waals surface area (Å²) < 4.78 is 4.62. The third kappa shape index (κ3) is 3.69. The molecule has 5 nitrogen and oxygen atoms in total. The molecule has 1 unspecified atom stereocenters. The van der Waals surface area contributed by atoms with E-state index in [-0.39, 0.29) is 5.92 Å². The number of esters is 1. The molecule has 1 N–H and O–H groups in total. The fourth-order valence-corrected chi connectivity index (χ4v) is 3.43. The highest BCUT2D eigenvalue weighted by Gasteiger charge is 2.30. The van der Waals surface area contributed by atoms with Gasteiger partial charge in [0.05, 0.1) is 12.6 Å². The van der Waals surface area contributed by atoms with Crippen LogP contribution in [-0.4, -0.2) is 47.3 Å². The number of hydrogen-bond acceptors (Lipinski definition) is 5. The Morgan fingerprint density at radius 1 is 1.42 bits per heavy atom. The van der Waals surface area contributed by atoms with Crippen LogP contribution in [0.3, 0.4) is 0 Å². The van der Waals surface area contributed by atoms with Crippen LogP contribution in [0.25, 0.3) is 10.9 Å². The van der Waals surface area contributed by atoms with Gasteiger partial charge >= 0.3 is 5.97 Å². The maximum Gasteiger partial charge on any atom is 0.334 e. The van der Waals surface area contributed by atoms with E-state index in [2.05, 4.69) is 20.7 Å². The second-order valence-corrected chi connectivity index (χ2v) is 6.57. The van der Waals surface area contributed by atoms with Crippen LogP contribution >= 0.6 is 11.6 Å². The zero-order valence-electron chi connectivity index (χ0n) is 13.6.